The molecule has 0 aliphatic rings. The van der Waals surface area contributed by atoms with E-state index in [9.17, 15) is 9.90 Å². The first kappa shape index (κ1) is 12.8. The molecule has 16 heavy (non-hydrogen) atoms. The van der Waals surface area contributed by atoms with E-state index in [1.807, 2.05) is 31.5 Å². The zero-order valence-electron chi connectivity index (χ0n) is 10.3. The summed E-state index contributed by atoms with van der Waals surface area (Å²) in [4.78, 5) is 11.9. The molecule has 1 rings (SSSR count). The first-order chi connectivity index (χ1) is 7.41. The van der Waals surface area contributed by atoms with Crippen molar-refractivity contribution in [2.75, 3.05) is 0 Å². The number of hydrogen-bond donors (Lipinski definition) is 2. The first-order valence-corrected chi connectivity index (χ1v) is 5.53. The number of carbonyl (C=O) groups is 1. The molecule has 4 nitrogen and oxygen atoms in total. The highest BCUT2D eigenvalue weighted by atomic mass is 16.3. The van der Waals surface area contributed by atoms with E-state index in [1.165, 1.54) is 0 Å². The lowest BCUT2D eigenvalue weighted by Gasteiger charge is -2.15. The van der Waals surface area contributed by atoms with Gasteiger partial charge in [0.2, 0.25) is 0 Å². The highest BCUT2D eigenvalue weighted by Gasteiger charge is 2.14. The van der Waals surface area contributed by atoms with Gasteiger partial charge in [0.25, 0.3) is 5.91 Å². The molecule has 0 aromatic carbocycles. The van der Waals surface area contributed by atoms with E-state index in [1.54, 1.807) is 13.0 Å². The number of aliphatic hydroxyl groups excluding tert-OH is 1. The average Bonchev–Trinajstić information content (AvgIpc) is 2.45. The highest BCUT2D eigenvalue weighted by Crippen LogP contribution is 2.06. The molecule has 1 amide bonds. The third-order valence-electron chi connectivity index (χ3n) is 2.68. The molecule has 1 aromatic rings. The fraction of sp³-hybridized carbons (Fsp3) is 0.583. The molecule has 90 valence electrons. The summed E-state index contributed by atoms with van der Waals surface area (Å²) in [6, 6.07) is 3.69. The fourth-order valence-corrected chi connectivity index (χ4v) is 1.71. The van der Waals surface area contributed by atoms with Crippen molar-refractivity contribution >= 4 is 5.91 Å². The van der Waals surface area contributed by atoms with Crippen LogP contribution in [0.25, 0.3) is 0 Å². The molecule has 0 aliphatic carbocycles. The van der Waals surface area contributed by atoms with E-state index in [-0.39, 0.29) is 11.9 Å². The van der Waals surface area contributed by atoms with Gasteiger partial charge in [-0.2, -0.15) is 0 Å². The maximum atomic E-state index is 11.9. The van der Waals surface area contributed by atoms with Crippen molar-refractivity contribution in [2.24, 2.45) is 7.05 Å². The van der Waals surface area contributed by atoms with Gasteiger partial charge in [0, 0.05) is 18.8 Å². The standard InChI is InChI=1S/C12H20N2O2/c1-8(7-10(3)15)13-12(16)11-6-5-9(2)14(11)4/h5-6,8,10,15H,7H2,1-4H3,(H,13,16). The fourth-order valence-electron chi connectivity index (χ4n) is 1.71. The van der Waals surface area contributed by atoms with E-state index >= 15 is 0 Å². The van der Waals surface area contributed by atoms with Gasteiger partial charge in [-0.25, -0.2) is 0 Å². The Hall–Kier alpha value is -1.29. The van der Waals surface area contributed by atoms with Gasteiger partial charge in [-0.1, -0.05) is 0 Å². The van der Waals surface area contributed by atoms with Crippen LogP contribution in [0.2, 0.25) is 0 Å². The number of carbonyl (C=O) groups excluding carboxylic acids is 1. The topological polar surface area (TPSA) is 54.3 Å². The van der Waals surface area contributed by atoms with Crippen LogP contribution < -0.4 is 5.32 Å². The van der Waals surface area contributed by atoms with Crippen molar-refractivity contribution < 1.29 is 9.90 Å². The second kappa shape index (κ2) is 5.16. The summed E-state index contributed by atoms with van der Waals surface area (Å²) in [5.74, 6) is -0.0937. The number of aliphatic hydroxyl groups is 1. The van der Waals surface area contributed by atoms with Crippen LogP contribution in [0.1, 0.15) is 36.5 Å². The van der Waals surface area contributed by atoms with E-state index in [0.717, 1.165) is 5.69 Å². The Bertz CT molecular complexity index is 369. The van der Waals surface area contributed by atoms with Crippen LogP contribution in [-0.2, 0) is 7.05 Å². The Balaban J connectivity index is 2.62. The molecule has 0 saturated carbocycles. The molecule has 0 spiro atoms. The lowest BCUT2D eigenvalue weighted by molar-refractivity contribution is 0.0914. The van der Waals surface area contributed by atoms with Gasteiger partial charge in [0.05, 0.1) is 6.10 Å². The van der Waals surface area contributed by atoms with E-state index in [4.69, 9.17) is 0 Å². The lowest BCUT2D eigenvalue weighted by Crippen LogP contribution is -2.35. The monoisotopic (exact) mass is 224 g/mol. The first-order valence-electron chi connectivity index (χ1n) is 5.53. The highest BCUT2D eigenvalue weighted by molar-refractivity contribution is 5.93. The molecular weight excluding hydrogens is 204 g/mol. The Kier molecular flexibility index (Phi) is 4.12. The maximum absolute atomic E-state index is 11.9. The van der Waals surface area contributed by atoms with Crippen molar-refractivity contribution in [2.45, 2.75) is 39.3 Å². The maximum Gasteiger partial charge on any atom is 0.268 e. The lowest BCUT2D eigenvalue weighted by atomic mass is 10.1. The SMILES string of the molecule is Cc1ccc(C(=O)NC(C)CC(C)O)n1C. The van der Waals surface area contributed by atoms with Gasteiger partial charge < -0.3 is 15.0 Å². The summed E-state index contributed by atoms with van der Waals surface area (Å²) in [5, 5.41) is 12.1. The van der Waals surface area contributed by atoms with Crippen LogP contribution in [0.5, 0.6) is 0 Å². The minimum Gasteiger partial charge on any atom is -0.393 e. The van der Waals surface area contributed by atoms with E-state index < -0.39 is 6.10 Å². The Morgan fingerprint density at radius 1 is 1.50 bits per heavy atom. The van der Waals surface area contributed by atoms with Gasteiger partial charge in [0.15, 0.2) is 0 Å². The van der Waals surface area contributed by atoms with Gasteiger partial charge in [-0.05, 0) is 39.3 Å². The molecule has 2 unspecified atom stereocenters. The van der Waals surface area contributed by atoms with E-state index in [2.05, 4.69) is 5.32 Å². The molecule has 0 bridgehead atoms. The largest absolute Gasteiger partial charge is 0.393 e. The summed E-state index contributed by atoms with van der Waals surface area (Å²) in [6.45, 7) is 5.56. The number of hydrogen-bond acceptors (Lipinski definition) is 2. The van der Waals surface area contributed by atoms with Crippen molar-refractivity contribution in [3.8, 4) is 0 Å². The van der Waals surface area contributed by atoms with Crippen LogP contribution in [0.15, 0.2) is 12.1 Å². The van der Waals surface area contributed by atoms with Gasteiger partial charge in [-0.15, -0.1) is 0 Å². The number of aromatic nitrogens is 1. The molecular formula is C12H20N2O2. The predicted octanol–water partition coefficient (Wildman–Crippen LogP) is 1.22. The molecule has 0 fully saturated rings. The van der Waals surface area contributed by atoms with Crippen LogP contribution >= 0.6 is 0 Å². The molecule has 0 aliphatic heterocycles. The Morgan fingerprint density at radius 2 is 2.12 bits per heavy atom. The van der Waals surface area contributed by atoms with Gasteiger partial charge in [-0.3, -0.25) is 4.79 Å². The second-order valence-corrected chi connectivity index (χ2v) is 4.38. The number of amides is 1. The number of nitrogens with one attached hydrogen (secondary N) is 1. The Labute approximate surface area is 96.3 Å². The zero-order chi connectivity index (χ0) is 12.3. The molecule has 4 heteroatoms. The third-order valence-corrected chi connectivity index (χ3v) is 2.68. The van der Waals surface area contributed by atoms with E-state index in [0.29, 0.717) is 12.1 Å². The third kappa shape index (κ3) is 3.10. The van der Waals surface area contributed by atoms with Crippen LogP contribution in [-0.4, -0.2) is 27.7 Å². The molecule has 0 saturated heterocycles. The van der Waals surface area contributed by atoms with Crippen molar-refractivity contribution in [1.82, 2.24) is 9.88 Å². The minimum atomic E-state index is -0.398. The summed E-state index contributed by atoms with van der Waals surface area (Å²) in [5.41, 5.74) is 1.70. The molecule has 1 heterocycles. The van der Waals surface area contributed by atoms with Crippen molar-refractivity contribution in [3.63, 3.8) is 0 Å². The molecule has 2 N–H and O–H groups in total. The summed E-state index contributed by atoms with van der Waals surface area (Å²) in [6.07, 6.45) is 0.167. The normalized spacial score (nSPS) is 14.6. The minimum absolute atomic E-state index is 0.0253. The summed E-state index contributed by atoms with van der Waals surface area (Å²) >= 11 is 0. The van der Waals surface area contributed by atoms with Gasteiger partial charge in [0.1, 0.15) is 5.69 Å². The van der Waals surface area contributed by atoms with Crippen molar-refractivity contribution in [3.05, 3.63) is 23.5 Å². The molecule has 2 atom stereocenters. The van der Waals surface area contributed by atoms with Crippen LogP contribution in [0, 0.1) is 6.92 Å². The molecule has 1 aromatic heterocycles. The zero-order valence-corrected chi connectivity index (χ0v) is 10.3. The van der Waals surface area contributed by atoms with Crippen molar-refractivity contribution in [1.29, 1.82) is 0 Å². The predicted molar refractivity (Wildman–Crippen MR) is 63.4 cm³/mol. The molecule has 0 radical (unpaired) electrons. The summed E-state index contributed by atoms with van der Waals surface area (Å²) < 4.78 is 1.85. The van der Waals surface area contributed by atoms with Crippen LogP contribution in [0.3, 0.4) is 0 Å². The summed E-state index contributed by atoms with van der Waals surface area (Å²) in [7, 11) is 1.86. The van der Waals surface area contributed by atoms with Crippen LogP contribution in [0.4, 0.5) is 0 Å². The smallest absolute Gasteiger partial charge is 0.268 e. The Morgan fingerprint density at radius 3 is 2.56 bits per heavy atom. The van der Waals surface area contributed by atoms with Gasteiger partial charge >= 0.3 is 0 Å². The quantitative estimate of drug-likeness (QED) is 0.808. The second-order valence-electron chi connectivity index (χ2n) is 4.38. The number of nitrogens with zero attached hydrogens (tertiary/aromatic N) is 1. The number of aryl methyl sites for hydroxylation is 1. The average molecular weight is 224 g/mol. The number of rotatable bonds is 4.